The standard InChI is InChI=1S/C20H17Cl2N3O3/c1-13-15(8-9-19(27)28-12-18(26)17-7-4-10-23-17)20(22)25(24-13)11-14-5-2-3-6-16(14)21/h2-10,23H,11-12H2,1H3. The van der Waals surface area contributed by atoms with Crippen molar-refractivity contribution in [1.29, 1.82) is 0 Å². The predicted molar refractivity (Wildman–Crippen MR) is 108 cm³/mol. The smallest absolute Gasteiger partial charge is 0.331 e. The van der Waals surface area contributed by atoms with Crippen LogP contribution in [0.5, 0.6) is 0 Å². The third-order valence-electron chi connectivity index (χ3n) is 4.02. The van der Waals surface area contributed by atoms with E-state index >= 15 is 0 Å². The van der Waals surface area contributed by atoms with E-state index in [9.17, 15) is 9.59 Å². The molecule has 0 aliphatic carbocycles. The number of ketones is 1. The largest absolute Gasteiger partial charge is 0.454 e. The number of rotatable bonds is 7. The van der Waals surface area contributed by atoms with Crippen molar-refractivity contribution < 1.29 is 14.3 Å². The second-order valence-electron chi connectivity index (χ2n) is 5.99. The Balaban J connectivity index is 1.65. The number of Topliss-reactive ketones (excluding diaryl/α,β-unsaturated/α-hetero) is 1. The molecule has 0 aliphatic heterocycles. The fourth-order valence-electron chi connectivity index (χ4n) is 2.57. The van der Waals surface area contributed by atoms with E-state index in [-0.39, 0.29) is 12.4 Å². The minimum absolute atomic E-state index is 0.312. The lowest BCUT2D eigenvalue weighted by molar-refractivity contribution is -0.136. The summed E-state index contributed by atoms with van der Waals surface area (Å²) in [6.07, 6.45) is 4.37. The molecule has 0 unspecified atom stereocenters. The third kappa shape index (κ3) is 4.71. The number of nitrogens with one attached hydrogen (secondary N) is 1. The summed E-state index contributed by atoms with van der Waals surface area (Å²) in [5.41, 5.74) is 2.52. The molecule has 3 aromatic rings. The normalized spacial score (nSPS) is 11.1. The Hall–Kier alpha value is -2.83. The van der Waals surface area contributed by atoms with Crippen LogP contribution in [0.25, 0.3) is 6.08 Å². The predicted octanol–water partition coefficient (Wildman–Crippen LogP) is 4.31. The fraction of sp³-hybridized carbons (Fsp3) is 0.150. The van der Waals surface area contributed by atoms with Crippen LogP contribution in [0.2, 0.25) is 10.2 Å². The van der Waals surface area contributed by atoms with Gasteiger partial charge in [-0.3, -0.25) is 4.79 Å². The number of hydrogen-bond donors (Lipinski definition) is 1. The van der Waals surface area contributed by atoms with Crippen LogP contribution < -0.4 is 0 Å². The van der Waals surface area contributed by atoms with Gasteiger partial charge in [-0.15, -0.1) is 0 Å². The molecule has 0 bridgehead atoms. The SMILES string of the molecule is Cc1nn(Cc2ccccc2Cl)c(Cl)c1C=CC(=O)OCC(=O)c1ccc[nH]1. The van der Waals surface area contributed by atoms with Gasteiger partial charge in [-0.05, 0) is 36.8 Å². The number of H-pyrrole nitrogens is 1. The second kappa shape index (κ2) is 8.91. The van der Waals surface area contributed by atoms with Crippen molar-refractivity contribution in [3.8, 4) is 0 Å². The molecule has 3 rings (SSSR count). The van der Waals surface area contributed by atoms with Crippen molar-refractivity contribution in [3.05, 3.63) is 81.4 Å². The van der Waals surface area contributed by atoms with Crippen LogP contribution in [-0.4, -0.2) is 33.1 Å². The first-order valence-corrected chi connectivity index (χ1v) is 9.19. The third-order valence-corrected chi connectivity index (χ3v) is 4.78. The number of halogens is 2. The number of carbonyl (C=O) groups excluding carboxylic acids is 2. The summed E-state index contributed by atoms with van der Waals surface area (Å²) in [5, 5.41) is 5.40. The van der Waals surface area contributed by atoms with Crippen LogP contribution in [-0.2, 0) is 16.1 Å². The Labute approximate surface area is 171 Å². The van der Waals surface area contributed by atoms with Crippen LogP contribution in [0, 0.1) is 6.92 Å². The number of aromatic amines is 1. The Bertz CT molecular complexity index is 1020. The second-order valence-corrected chi connectivity index (χ2v) is 6.75. The zero-order chi connectivity index (χ0) is 20.1. The Morgan fingerprint density at radius 3 is 2.71 bits per heavy atom. The average molecular weight is 418 g/mol. The molecular formula is C20H17Cl2N3O3. The summed E-state index contributed by atoms with van der Waals surface area (Å²) in [4.78, 5) is 26.5. The molecular weight excluding hydrogens is 401 g/mol. The minimum Gasteiger partial charge on any atom is -0.454 e. The number of hydrogen-bond acceptors (Lipinski definition) is 4. The summed E-state index contributed by atoms with van der Waals surface area (Å²) < 4.78 is 6.57. The van der Waals surface area contributed by atoms with E-state index in [1.165, 1.54) is 12.2 Å². The van der Waals surface area contributed by atoms with Crippen molar-refractivity contribution in [2.75, 3.05) is 6.61 Å². The van der Waals surface area contributed by atoms with Gasteiger partial charge < -0.3 is 9.72 Å². The summed E-state index contributed by atoms with van der Waals surface area (Å²) in [7, 11) is 0. The van der Waals surface area contributed by atoms with Crippen LogP contribution >= 0.6 is 23.2 Å². The lowest BCUT2D eigenvalue weighted by Crippen LogP contribution is -2.12. The van der Waals surface area contributed by atoms with Crippen LogP contribution in [0.15, 0.2) is 48.7 Å². The Morgan fingerprint density at radius 2 is 2.00 bits per heavy atom. The zero-order valence-corrected chi connectivity index (χ0v) is 16.5. The van der Waals surface area contributed by atoms with Gasteiger partial charge in [0.05, 0.1) is 17.9 Å². The highest BCUT2D eigenvalue weighted by Gasteiger charge is 2.14. The Morgan fingerprint density at radius 1 is 1.21 bits per heavy atom. The van der Waals surface area contributed by atoms with Gasteiger partial charge in [-0.1, -0.05) is 41.4 Å². The Kier molecular flexibility index (Phi) is 6.34. The zero-order valence-electron chi connectivity index (χ0n) is 15.0. The number of aryl methyl sites for hydroxylation is 1. The number of nitrogens with zero attached hydrogens (tertiary/aromatic N) is 2. The van der Waals surface area contributed by atoms with Crippen molar-refractivity contribution in [1.82, 2.24) is 14.8 Å². The average Bonchev–Trinajstić information content (AvgIpc) is 3.30. The van der Waals surface area contributed by atoms with Gasteiger partial charge >= 0.3 is 5.97 Å². The summed E-state index contributed by atoms with van der Waals surface area (Å²) in [6.45, 7) is 1.85. The van der Waals surface area contributed by atoms with Gasteiger partial charge in [0.2, 0.25) is 5.78 Å². The van der Waals surface area contributed by atoms with E-state index < -0.39 is 5.97 Å². The molecule has 0 amide bonds. The molecule has 0 atom stereocenters. The van der Waals surface area contributed by atoms with E-state index in [4.69, 9.17) is 27.9 Å². The molecule has 8 heteroatoms. The quantitative estimate of drug-likeness (QED) is 0.352. The number of carbonyl (C=O) groups is 2. The molecule has 1 aromatic carbocycles. The van der Waals surface area contributed by atoms with Crippen LogP contribution in [0.4, 0.5) is 0 Å². The van der Waals surface area contributed by atoms with Gasteiger partial charge in [0.25, 0.3) is 0 Å². The van der Waals surface area contributed by atoms with Gasteiger partial charge in [-0.2, -0.15) is 5.10 Å². The molecule has 0 spiro atoms. The monoisotopic (exact) mass is 417 g/mol. The highest BCUT2D eigenvalue weighted by atomic mass is 35.5. The van der Waals surface area contributed by atoms with E-state index in [1.807, 2.05) is 18.2 Å². The van der Waals surface area contributed by atoms with Gasteiger partial charge in [0.15, 0.2) is 6.61 Å². The van der Waals surface area contributed by atoms with Crippen molar-refractivity contribution in [2.45, 2.75) is 13.5 Å². The van der Waals surface area contributed by atoms with E-state index in [0.29, 0.717) is 33.7 Å². The molecule has 28 heavy (non-hydrogen) atoms. The molecule has 0 saturated heterocycles. The molecule has 0 saturated carbocycles. The number of ether oxygens (including phenoxy) is 1. The summed E-state index contributed by atoms with van der Waals surface area (Å²) in [5.74, 6) is -0.956. The van der Waals surface area contributed by atoms with Crippen LogP contribution in [0.3, 0.4) is 0 Å². The molecule has 2 heterocycles. The first-order chi connectivity index (χ1) is 13.5. The molecule has 0 fully saturated rings. The topological polar surface area (TPSA) is 77.0 Å². The molecule has 2 aromatic heterocycles. The number of esters is 1. The van der Waals surface area contributed by atoms with E-state index in [2.05, 4.69) is 10.1 Å². The lowest BCUT2D eigenvalue weighted by Gasteiger charge is -2.05. The first-order valence-electron chi connectivity index (χ1n) is 8.43. The first kappa shape index (κ1) is 19.9. The maximum absolute atomic E-state index is 11.9. The maximum atomic E-state index is 11.9. The molecule has 144 valence electrons. The van der Waals surface area contributed by atoms with E-state index in [0.717, 1.165) is 5.56 Å². The van der Waals surface area contributed by atoms with Gasteiger partial charge in [0, 0.05) is 22.9 Å². The maximum Gasteiger partial charge on any atom is 0.331 e. The number of aromatic nitrogens is 3. The molecule has 0 aliphatic rings. The van der Waals surface area contributed by atoms with Crippen molar-refractivity contribution in [2.24, 2.45) is 0 Å². The number of benzene rings is 1. The summed E-state index contributed by atoms with van der Waals surface area (Å²) >= 11 is 12.6. The summed E-state index contributed by atoms with van der Waals surface area (Å²) in [6, 6.07) is 10.7. The molecule has 6 nitrogen and oxygen atoms in total. The fourth-order valence-corrected chi connectivity index (χ4v) is 3.06. The van der Waals surface area contributed by atoms with Gasteiger partial charge in [-0.25, -0.2) is 9.48 Å². The minimum atomic E-state index is -0.644. The van der Waals surface area contributed by atoms with Crippen LogP contribution in [0.1, 0.15) is 27.3 Å². The van der Waals surface area contributed by atoms with Crippen molar-refractivity contribution >= 4 is 41.0 Å². The highest BCUT2D eigenvalue weighted by Crippen LogP contribution is 2.24. The molecule has 0 radical (unpaired) electrons. The molecule has 1 N–H and O–H groups in total. The van der Waals surface area contributed by atoms with Gasteiger partial charge in [0.1, 0.15) is 5.15 Å². The highest BCUT2D eigenvalue weighted by molar-refractivity contribution is 6.32. The lowest BCUT2D eigenvalue weighted by atomic mass is 10.2. The van der Waals surface area contributed by atoms with Crippen molar-refractivity contribution in [3.63, 3.8) is 0 Å². The van der Waals surface area contributed by atoms with E-state index in [1.54, 1.807) is 36.0 Å².